The summed E-state index contributed by atoms with van der Waals surface area (Å²) in [5.74, 6) is -3.44. The molecule has 0 aromatic carbocycles. The second kappa shape index (κ2) is 8.33. The van der Waals surface area contributed by atoms with Gasteiger partial charge in [-0.1, -0.05) is 0 Å². The Hall–Kier alpha value is -3.02. The van der Waals surface area contributed by atoms with E-state index in [0.29, 0.717) is 0 Å². The number of hydrogen-bond donors (Lipinski definition) is 1. The SMILES string of the molecule is CC(=O)OC[C@H]1O[C@@H](n2c(C)c(F)c(=O)[nH]c2=O)[C@H](OC(C)=O)[C@@H]1OC(C)=O. The Morgan fingerprint density at radius 1 is 1.07 bits per heavy atom. The summed E-state index contributed by atoms with van der Waals surface area (Å²) >= 11 is 0. The first-order valence-electron chi connectivity index (χ1n) is 8.17. The maximum absolute atomic E-state index is 14.1. The number of esters is 3. The van der Waals surface area contributed by atoms with E-state index in [-0.39, 0.29) is 12.3 Å². The van der Waals surface area contributed by atoms with Gasteiger partial charge in [-0.25, -0.2) is 4.79 Å². The fourth-order valence-electron chi connectivity index (χ4n) is 2.84. The highest BCUT2D eigenvalue weighted by Crippen LogP contribution is 2.34. The number of nitrogens with zero attached hydrogens (tertiary/aromatic N) is 1. The molecule has 1 aliphatic heterocycles. The molecular weight excluding hydrogens is 383 g/mol. The quantitative estimate of drug-likeness (QED) is 0.500. The zero-order chi connectivity index (χ0) is 21.2. The first-order valence-corrected chi connectivity index (χ1v) is 8.17. The van der Waals surface area contributed by atoms with Gasteiger partial charge in [0.1, 0.15) is 12.7 Å². The third kappa shape index (κ3) is 4.44. The molecule has 0 aliphatic carbocycles. The minimum Gasteiger partial charge on any atom is -0.463 e. The molecule has 0 bridgehead atoms. The average Bonchev–Trinajstić information content (AvgIpc) is 2.87. The van der Waals surface area contributed by atoms with Crippen molar-refractivity contribution in [1.82, 2.24) is 9.55 Å². The summed E-state index contributed by atoms with van der Waals surface area (Å²) in [6, 6.07) is 0. The fourth-order valence-corrected chi connectivity index (χ4v) is 2.84. The summed E-state index contributed by atoms with van der Waals surface area (Å²) in [4.78, 5) is 59.6. The number of nitrogens with one attached hydrogen (secondary N) is 1. The molecule has 1 aromatic heterocycles. The van der Waals surface area contributed by atoms with Crippen molar-refractivity contribution >= 4 is 17.9 Å². The maximum atomic E-state index is 14.1. The van der Waals surface area contributed by atoms with Crippen molar-refractivity contribution in [3.05, 3.63) is 32.3 Å². The topological polar surface area (TPSA) is 143 Å². The number of carbonyl (C=O) groups excluding carboxylic acids is 3. The number of aromatic nitrogens is 2. The van der Waals surface area contributed by atoms with Crippen molar-refractivity contribution in [2.75, 3.05) is 6.61 Å². The Bertz CT molecular complexity index is 906. The molecule has 1 aliphatic rings. The molecule has 11 nitrogen and oxygen atoms in total. The Kier molecular flexibility index (Phi) is 6.33. The smallest absolute Gasteiger partial charge is 0.330 e. The molecule has 0 amide bonds. The molecule has 1 aromatic rings. The van der Waals surface area contributed by atoms with Crippen LogP contribution in [0.25, 0.3) is 0 Å². The van der Waals surface area contributed by atoms with E-state index < -0.39 is 59.5 Å². The van der Waals surface area contributed by atoms with Crippen LogP contribution in [0.15, 0.2) is 9.59 Å². The number of rotatable bonds is 5. The minimum atomic E-state index is -1.45. The van der Waals surface area contributed by atoms with Gasteiger partial charge in [-0.3, -0.25) is 28.7 Å². The lowest BCUT2D eigenvalue weighted by atomic mass is 10.1. The molecule has 0 spiro atoms. The fraction of sp³-hybridized carbons (Fsp3) is 0.562. The van der Waals surface area contributed by atoms with Gasteiger partial charge in [-0.2, -0.15) is 4.39 Å². The van der Waals surface area contributed by atoms with Crippen molar-refractivity contribution in [2.24, 2.45) is 0 Å². The van der Waals surface area contributed by atoms with Crippen molar-refractivity contribution < 1.29 is 37.7 Å². The largest absolute Gasteiger partial charge is 0.463 e. The lowest BCUT2D eigenvalue weighted by molar-refractivity contribution is -0.166. The Morgan fingerprint density at radius 2 is 1.64 bits per heavy atom. The summed E-state index contributed by atoms with van der Waals surface area (Å²) in [5, 5.41) is 0. The van der Waals surface area contributed by atoms with Crippen LogP contribution in [0.2, 0.25) is 0 Å². The molecule has 2 rings (SSSR count). The number of H-pyrrole nitrogens is 1. The van der Waals surface area contributed by atoms with Gasteiger partial charge in [0.2, 0.25) is 5.82 Å². The first kappa shape index (κ1) is 21.3. The zero-order valence-corrected chi connectivity index (χ0v) is 15.5. The van der Waals surface area contributed by atoms with Gasteiger partial charge in [0, 0.05) is 20.8 Å². The second-order valence-corrected chi connectivity index (χ2v) is 6.04. The molecule has 0 radical (unpaired) electrons. The van der Waals surface area contributed by atoms with Gasteiger partial charge in [0.15, 0.2) is 18.4 Å². The lowest BCUT2D eigenvalue weighted by Crippen LogP contribution is -2.43. The molecule has 0 saturated carbocycles. The van der Waals surface area contributed by atoms with Crippen molar-refractivity contribution in [1.29, 1.82) is 0 Å². The monoisotopic (exact) mass is 402 g/mol. The van der Waals surface area contributed by atoms with E-state index in [1.54, 1.807) is 4.98 Å². The molecule has 154 valence electrons. The molecule has 4 atom stereocenters. The normalized spacial score (nSPS) is 23.9. The van der Waals surface area contributed by atoms with E-state index in [2.05, 4.69) is 0 Å². The molecule has 1 fully saturated rings. The van der Waals surface area contributed by atoms with Crippen molar-refractivity contribution in [3.8, 4) is 0 Å². The summed E-state index contributed by atoms with van der Waals surface area (Å²) in [6.45, 7) is 4.08. The summed E-state index contributed by atoms with van der Waals surface area (Å²) in [5.41, 5.74) is -2.64. The third-order valence-corrected chi connectivity index (χ3v) is 3.91. The molecule has 28 heavy (non-hydrogen) atoms. The van der Waals surface area contributed by atoms with E-state index in [0.717, 1.165) is 32.3 Å². The van der Waals surface area contributed by atoms with Crippen LogP contribution >= 0.6 is 0 Å². The molecule has 12 heteroatoms. The summed E-state index contributed by atoms with van der Waals surface area (Å²) < 4.78 is 35.6. The lowest BCUT2D eigenvalue weighted by Gasteiger charge is -2.24. The van der Waals surface area contributed by atoms with Gasteiger partial charge in [0.25, 0.3) is 5.56 Å². The standard InChI is InChI=1S/C16H19FN2O9/c1-6-11(17)14(23)18-16(24)19(6)15-13(27-9(4)22)12(26-8(3)21)10(28-15)5-25-7(2)20/h10,12-13,15H,5H2,1-4H3,(H,18,23,24)/t10-,12-,13-,15-/m1/s1. The van der Waals surface area contributed by atoms with E-state index >= 15 is 0 Å². The number of hydrogen-bond acceptors (Lipinski definition) is 9. The highest BCUT2D eigenvalue weighted by atomic mass is 19.1. The highest BCUT2D eigenvalue weighted by molar-refractivity contribution is 5.68. The Morgan fingerprint density at radius 3 is 2.18 bits per heavy atom. The molecule has 0 unspecified atom stereocenters. The average molecular weight is 402 g/mol. The minimum absolute atomic E-state index is 0.384. The molecule has 2 heterocycles. The van der Waals surface area contributed by atoms with Gasteiger partial charge < -0.3 is 18.9 Å². The van der Waals surface area contributed by atoms with Gasteiger partial charge in [-0.15, -0.1) is 0 Å². The number of ether oxygens (including phenoxy) is 4. The van der Waals surface area contributed by atoms with Crippen molar-refractivity contribution in [3.63, 3.8) is 0 Å². The van der Waals surface area contributed by atoms with Crippen LogP contribution in [-0.4, -0.2) is 52.4 Å². The van der Waals surface area contributed by atoms with Crippen LogP contribution < -0.4 is 11.2 Å². The molecule has 1 N–H and O–H groups in total. The zero-order valence-electron chi connectivity index (χ0n) is 15.5. The third-order valence-electron chi connectivity index (χ3n) is 3.91. The predicted octanol–water partition coefficient (Wildman–Crippen LogP) is -0.692. The number of aromatic amines is 1. The van der Waals surface area contributed by atoms with Gasteiger partial charge in [-0.05, 0) is 6.92 Å². The van der Waals surface area contributed by atoms with Crippen molar-refractivity contribution in [2.45, 2.75) is 52.2 Å². The van der Waals surface area contributed by atoms with Crippen LogP contribution in [0.4, 0.5) is 4.39 Å². The van der Waals surface area contributed by atoms with Crippen LogP contribution in [0.5, 0.6) is 0 Å². The molecular formula is C16H19FN2O9. The van der Waals surface area contributed by atoms with Crippen LogP contribution in [0.3, 0.4) is 0 Å². The van der Waals surface area contributed by atoms with Crippen LogP contribution in [0, 0.1) is 12.7 Å². The Balaban J connectivity index is 2.55. The number of carbonyl (C=O) groups is 3. The second-order valence-electron chi connectivity index (χ2n) is 6.04. The van der Waals surface area contributed by atoms with E-state index in [1.807, 2.05) is 0 Å². The highest BCUT2D eigenvalue weighted by Gasteiger charge is 2.51. The first-order chi connectivity index (χ1) is 13.0. The van der Waals surface area contributed by atoms with Crippen LogP contribution in [-0.2, 0) is 33.3 Å². The van der Waals surface area contributed by atoms with E-state index in [1.165, 1.54) is 0 Å². The van der Waals surface area contributed by atoms with Crippen LogP contribution in [0.1, 0.15) is 32.7 Å². The van der Waals surface area contributed by atoms with Gasteiger partial charge in [0.05, 0.1) is 5.69 Å². The Labute approximate surface area is 157 Å². The maximum Gasteiger partial charge on any atom is 0.330 e. The van der Waals surface area contributed by atoms with Gasteiger partial charge >= 0.3 is 23.6 Å². The summed E-state index contributed by atoms with van der Waals surface area (Å²) in [6.07, 6.45) is -5.20. The van der Waals surface area contributed by atoms with E-state index in [4.69, 9.17) is 18.9 Å². The predicted molar refractivity (Wildman–Crippen MR) is 87.7 cm³/mol. The summed E-state index contributed by atoms with van der Waals surface area (Å²) in [7, 11) is 0. The van der Waals surface area contributed by atoms with E-state index in [9.17, 15) is 28.4 Å². The number of halogens is 1. The molecule has 1 saturated heterocycles.